The molecule has 21 heavy (non-hydrogen) atoms. The SMILES string of the molecule is CN(CC(=O)N1[C@H](CO)[C@H](O)[C@H](O)[C@H](O)[C@H]1CO)C(=N)N. The van der Waals surface area contributed by atoms with Gasteiger partial charge in [0.25, 0.3) is 0 Å². The van der Waals surface area contributed by atoms with E-state index < -0.39 is 49.5 Å². The maximum absolute atomic E-state index is 12.3. The molecule has 1 fully saturated rings. The minimum absolute atomic E-state index is 0.335. The van der Waals surface area contributed by atoms with Crippen LogP contribution in [-0.2, 0) is 4.79 Å². The lowest BCUT2D eigenvalue weighted by Crippen LogP contribution is -2.70. The number of nitrogens with zero attached hydrogens (tertiary/aromatic N) is 2. The predicted octanol–water partition coefficient (Wildman–Crippen LogP) is -4.54. The molecule has 0 unspecified atom stereocenters. The summed E-state index contributed by atoms with van der Waals surface area (Å²) >= 11 is 0. The molecule has 122 valence electrons. The Balaban J connectivity index is 3.02. The summed E-state index contributed by atoms with van der Waals surface area (Å²) in [5.74, 6) is -1.02. The second-order valence-electron chi connectivity index (χ2n) is 5.01. The Hall–Kier alpha value is -1.46. The van der Waals surface area contributed by atoms with Crippen molar-refractivity contribution in [2.24, 2.45) is 5.73 Å². The second kappa shape index (κ2) is 7.00. The average molecular weight is 306 g/mol. The first-order valence-electron chi connectivity index (χ1n) is 6.38. The Bertz CT molecular complexity index is 377. The largest absolute Gasteiger partial charge is 0.394 e. The first-order valence-corrected chi connectivity index (χ1v) is 6.38. The third-order valence-corrected chi connectivity index (χ3v) is 3.65. The number of carbonyl (C=O) groups excluding carboxylic acids is 1. The highest BCUT2D eigenvalue weighted by Crippen LogP contribution is 2.24. The summed E-state index contributed by atoms with van der Waals surface area (Å²) < 4.78 is 0. The lowest BCUT2D eigenvalue weighted by Gasteiger charge is -2.48. The molecule has 0 bridgehead atoms. The zero-order chi connectivity index (χ0) is 16.3. The summed E-state index contributed by atoms with van der Waals surface area (Å²) in [6.45, 7) is -1.65. The molecule has 1 heterocycles. The van der Waals surface area contributed by atoms with Gasteiger partial charge in [0.1, 0.15) is 18.3 Å². The van der Waals surface area contributed by atoms with Crippen LogP contribution in [0.1, 0.15) is 0 Å². The highest BCUT2D eigenvalue weighted by atomic mass is 16.4. The zero-order valence-electron chi connectivity index (χ0n) is 11.6. The number of carbonyl (C=O) groups is 1. The molecule has 8 N–H and O–H groups in total. The molecule has 1 aliphatic heterocycles. The van der Waals surface area contributed by atoms with E-state index in [1.54, 1.807) is 0 Å². The van der Waals surface area contributed by atoms with Gasteiger partial charge in [0.05, 0.1) is 31.8 Å². The molecule has 0 aromatic heterocycles. The van der Waals surface area contributed by atoms with Gasteiger partial charge in [0.2, 0.25) is 5.91 Å². The quantitative estimate of drug-likeness (QED) is 0.201. The molecule has 1 rings (SSSR count). The monoisotopic (exact) mass is 306 g/mol. The summed E-state index contributed by atoms with van der Waals surface area (Å²) in [5.41, 5.74) is 5.23. The van der Waals surface area contributed by atoms with Crippen molar-refractivity contribution < 1.29 is 30.3 Å². The minimum atomic E-state index is -1.59. The molecule has 1 amide bonds. The number of rotatable bonds is 4. The van der Waals surface area contributed by atoms with E-state index in [-0.39, 0.29) is 12.5 Å². The molecule has 5 atom stereocenters. The molecule has 0 aromatic carbocycles. The first-order chi connectivity index (χ1) is 9.76. The standard InChI is InChI=1S/C11H22N4O6/c1-14(11(12)13)2-7(18)15-5(3-16)8(19)10(21)9(20)6(15)4-17/h5-6,8-10,16-17,19-21H,2-4H2,1H3,(H3,12,13)/t5-,6-,8-,9+,10-/m1/s1. The molecule has 0 spiro atoms. The van der Waals surface area contributed by atoms with Crippen LogP contribution in [0.3, 0.4) is 0 Å². The molecule has 0 saturated carbocycles. The molecule has 1 saturated heterocycles. The summed E-state index contributed by atoms with van der Waals surface area (Å²) in [4.78, 5) is 14.3. The lowest BCUT2D eigenvalue weighted by molar-refractivity contribution is -0.187. The molecular weight excluding hydrogens is 284 g/mol. The van der Waals surface area contributed by atoms with Crippen LogP contribution < -0.4 is 5.73 Å². The number of piperidine rings is 1. The van der Waals surface area contributed by atoms with E-state index in [1.807, 2.05) is 0 Å². The Morgan fingerprint density at radius 1 is 1.14 bits per heavy atom. The summed E-state index contributed by atoms with van der Waals surface area (Å²) in [6.07, 6.45) is -4.70. The Morgan fingerprint density at radius 3 is 1.90 bits per heavy atom. The van der Waals surface area contributed by atoms with Crippen molar-refractivity contribution in [1.29, 1.82) is 5.41 Å². The van der Waals surface area contributed by atoms with Crippen molar-refractivity contribution in [3.05, 3.63) is 0 Å². The van der Waals surface area contributed by atoms with Gasteiger partial charge in [-0.15, -0.1) is 0 Å². The lowest BCUT2D eigenvalue weighted by atomic mass is 9.88. The first kappa shape index (κ1) is 17.6. The molecule has 1 aliphatic rings. The van der Waals surface area contributed by atoms with E-state index in [1.165, 1.54) is 7.05 Å². The number of nitrogens with one attached hydrogen (secondary N) is 1. The van der Waals surface area contributed by atoms with Gasteiger partial charge in [-0.25, -0.2) is 0 Å². The number of nitrogens with two attached hydrogens (primary N) is 1. The zero-order valence-corrected chi connectivity index (χ0v) is 11.6. The fourth-order valence-electron chi connectivity index (χ4n) is 2.36. The maximum atomic E-state index is 12.3. The van der Waals surface area contributed by atoms with Crippen molar-refractivity contribution in [1.82, 2.24) is 9.80 Å². The molecular formula is C11H22N4O6. The highest BCUT2D eigenvalue weighted by molar-refractivity contribution is 5.84. The Morgan fingerprint density at radius 2 is 1.57 bits per heavy atom. The van der Waals surface area contributed by atoms with Crippen molar-refractivity contribution in [3.8, 4) is 0 Å². The number of likely N-dealkylation sites (N-methyl/N-ethyl adjacent to an activating group) is 1. The van der Waals surface area contributed by atoms with Crippen molar-refractivity contribution >= 4 is 11.9 Å². The Labute approximate surface area is 121 Å². The van der Waals surface area contributed by atoms with E-state index in [0.717, 1.165) is 9.80 Å². The van der Waals surface area contributed by atoms with Gasteiger partial charge in [-0.2, -0.15) is 0 Å². The van der Waals surface area contributed by atoms with Crippen LogP contribution in [0.4, 0.5) is 0 Å². The van der Waals surface area contributed by atoms with Gasteiger partial charge in [0, 0.05) is 7.05 Å². The number of aliphatic hydroxyl groups excluding tert-OH is 5. The molecule has 0 radical (unpaired) electrons. The molecule has 0 aromatic rings. The van der Waals surface area contributed by atoms with E-state index in [0.29, 0.717) is 0 Å². The number of hydrogen-bond acceptors (Lipinski definition) is 7. The van der Waals surface area contributed by atoms with Crippen LogP contribution in [-0.4, -0.2) is 104 Å². The number of guanidine groups is 1. The smallest absolute Gasteiger partial charge is 0.243 e. The normalized spacial score (nSPS) is 32.9. The van der Waals surface area contributed by atoms with Crippen LogP contribution in [0, 0.1) is 5.41 Å². The minimum Gasteiger partial charge on any atom is -0.394 e. The third-order valence-electron chi connectivity index (χ3n) is 3.65. The van der Waals surface area contributed by atoms with E-state index in [9.17, 15) is 30.3 Å². The number of aliphatic hydroxyl groups is 5. The maximum Gasteiger partial charge on any atom is 0.243 e. The fraction of sp³-hybridized carbons (Fsp3) is 0.818. The number of hydrogen-bond donors (Lipinski definition) is 7. The summed E-state index contributed by atoms with van der Waals surface area (Å²) in [5, 5.41) is 55.3. The summed E-state index contributed by atoms with van der Waals surface area (Å²) in [7, 11) is 1.40. The van der Waals surface area contributed by atoms with Gasteiger partial charge in [0.15, 0.2) is 5.96 Å². The Kier molecular flexibility index (Phi) is 5.87. The van der Waals surface area contributed by atoms with Crippen LogP contribution >= 0.6 is 0 Å². The van der Waals surface area contributed by atoms with Crippen LogP contribution in [0.5, 0.6) is 0 Å². The van der Waals surface area contributed by atoms with Crippen LogP contribution in [0.15, 0.2) is 0 Å². The van der Waals surface area contributed by atoms with Crippen LogP contribution in [0.25, 0.3) is 0 Å². The van der Waals surface area contributed by atoms with E-state index in [4.69, 9.17) is 11.1 Å². The van der Waals surface area contributed by atoms with Crippen LogP contribution in [0.2, 0.25) is 0 Å². The van der Waals surface area contributed by atoms with Crippen molar-refractivity contribution in [3.63, 3.8) is 0 Å². The van der Waals surface area contributed by atoms with Crippen molar-refractivity contribution in [2.75, 3.05) is 26.8 Å². The van der Waals surface area contributed by atoms with Crippen molar-refractivity contribution in [2.45, 2.75) is 30.4 Å². The predicted molar refractivity (Wildman–Crippen MR) is 71.2 cm³/mol. The molecule has 0 aliphatic carbocycles. The second-order valence-corrected chi connectivity index (χ2v) is 5.01. The average Bonchev–Trinajstić information content (AvgIpc) is 2.44. The van der Waals surface area contributed by atoms with E-state index in [2.05, 4.69) is 0 Å². The number of likely N-dealkylation sites (tertiary alicyclic amines) is 1. The van der Waals surface area contributed by atoms with Gasteiger partial charge in [-0.05, 0) is 0 Å². The van der Waals surface area contributed by atoms with Gasteiger partial charge >= 0.3 is 0 Å². The molecule has 10 heteroatoms. The third kappa shape index (κ3) is 3.41. The topological polar surface area (TPSA) is 175 Å². The number of amides is 1. The summed E-state index contributed by atoms with van der Waals surface area (Å²) in [6, 6.07) is -2.35. The molecule has 10 nitrogen and oxygen atoms in total. The van der Waals surface area contributed by atoms with Gasteiger partial charge in [-0.1, -0.05) is 0 Å². The van der Waals surface area contributed by atoms with Gasteiger partial charge in [-0.3, -0.25) is 10.2 Å². The van der Waals surface area contributed by atoms with E-state index >= 15 is 0 Å². The highest BCUT2D eigenvalue weighted by Gasteiger charge is 2.49. The van der Waals surface area contributed by atoms with Gasteiger partial charge < -0.3 is 41.1 Å². The fourth-order valence-corrected chi connectivity index (χ4v) is 2.36.